The molecule has 0 aliphatic rings. The summed E-state index contributed by atoms with van der Waals surface area (Å²) >= 11 is 0. The molecule has 0 atom stereocenters. The highest BCUT2D eigenvalue weighted by Gasteiger charge is 2.25. The Morgan fingerprint density at radius 1 is 1.33 bits per heavy atom. The minimum Gasteiger partial charge on any atom is -0.290 e. The highest BCUT2D eigenvalue weighted by atomic mass is 16.2. The van der Waals surface area contributed by atoms with Crippen LogP contribution in [0.2, 0.25) is 0 Å². The lowest BCUT2D eigenvalue weighted by atomic mass is 9.88. The summed E-state index contributed by atoms with van der Waals surface area (Å²) in [5, 5.41) is 8.10. The highest BCUT2D eigenvalue weighted by molar-refractivity contribution is 6.43. The van der Waals surface area contributed by atoms with Crippen molar-refractivity contribution in [3.63, 3.8) is 0 Å². The van der Waals surface area contributed by atoms with E-state index in [2.05, 4.69) is 0 Å². The third kappa shape index (κ3) is 3.11. The van der Waals surface area contributed by atoms with Crippen molar-refractivity contribution in [2.75, 3.05) is 0 Å². The van der Waals surface area contributed by atoms with E-state index in [1.165, 1.54) is 0 Å². The zero-order valence-corrected chi connectivity index (χ0v) is 7.42. The smallest absolute Gasteiger partial charge is 0.222 e. The van der Waals surface area contributed by atoms with Gasteiger partial charge in [0.05, 0.1) is 6.07 Å². The van der Waals surface area contributed by atoms with Crippen molar-refractivity contribution >= 4 is 11.6 Å². The summed E-state index contributed by atoms with van der Waals surface area (Å²) < 4.78 is 0. The predicted molar refractivity (Wildman–Crippen MR) is 44.2 cm³/mol. The molecule has 0 rings (SSSR count). The number of carbonyl (C=O) groups excluding carboxylic acids is 2. The molecule has 12 heavy (non-hydrogen) atoms. The molecule has 0 N–H and O–H groups in total. The number of allylic oxidation sites excluding steroid dienone is 2. The molecule has 0 heterocycles. The lowest BCUT2D eigenvalue weighted by Crippen LogP contribution is -2.27. The van der Waals surface area contributed by atoms with Gasteiger partial charge < -0.3 is 0 Å². The van der Waals surface area contributed by atoms with E-state index in [1.54, 1.807) is 26.8 Å². The fourth-order valence-electron chi connectivity index (χ4n) is 0.558. The van der Waals surface area contributed by atoms with Gasteiger partial charge in [-0.25, -0.2) is 0 Å². The number of hydrogen-bond donors (Lipinski definition) is 0. The van der Waals surface area contributed by atoms with Crippen LogP contribution in [-0.2, 0) is 9.59 Å². The van der Waals surface area contributed by atoms with Crippen LogP contribution in [0.3, 0.4) is 0 Å². The Bertz CT molecular complexity index is 263. The quantitative estimate of drug-likeness (QED) is 0.351. The minimum absolute atomic E-state index is 0.478. The molecule has 0 saturated heterocycles. The van der Waals surface area contributed by atoms with Gasteiger partial charge in [0.1, 0.15) is 0 Å². The largest absolute Gasteiger partial charge is 0.290 e. The van der Waals surface area contributed by atoms with Crippen molar-refractivity contribution in [1.82, 2.24) is 0 Å². The number of hydrogen-bond acceptors (Lipinski definition) is 3. The van der Waals surface area contributed by atoms with Gasteiger partial charge in [-0.3, -0.25) is 9.59 Å². The molecule has 64 valence electrons. The summed E-state index contributed by atoms with van der Waals surface area (Å²) in [6.45, 7) is 4.98. The first-order chi connectivity index (χ1) is 5.39. The Kier molecular flexibility index (Phi) is 3.36. The lowest BCUT2D eigenvalue weighted by molar-refractivity contribution is -0.138. The van der Waals surface area contributed by atoms with Crippen LogP contribution in [0.1, 0.15) is 20.8 Å². The zero-order valence-electron chi connectivity index (χ0n) is 7.42. The predicted octanol–water partition coefficient (Wildman–Crippen LogP) is 1.25. The first-order valence-electron chi connectivity index (χ1n) is 3.54. The third-order valence-electron chi connectivity index (χ3n) is 1.21. The van der Waals surface area contributed by atoms with Gasteiger partial charge in [0.15, 0.2) is 0 Å². The van der Waals surface area contributed by atoms with E-state index in [0.29, 0.717) is 0 Å². The summed E-state index contributed by atoms with van der Waals surface area (Å²) in [5.41, 5.74) is -0.670. The van der Waals surface area contributed by atoms with Gasteiger partial charge in [0.25, 0.3) is 0 Å². The van der Waals surface area contributed by atoms with Gasteiger partial charge in [0, 0.05) is 11.5 Å². The van der Waals surface area contributed by atoms with E-state index < -0.39 is 17.0 Å². The van der Waals surface area contributed by atoms with Gasteiger partial charge in [-0.15, -0.1) is 0 Å². The van der Waals surface area contributed by atoms with E-state index in [-0.39, 0.29) is 0 Å². The molecule has 3 heteroatoms. The van der Waals surface area contributed by atoms with Crippen molar-refractivity contribution in [2.45, 2.75) is 20.8 Å². The van der Waals surface area contributed by atoms with Gasteiger partial charge in [-0.1, -0.05) is 20.8 Å². The Hall–Kier alpha value is -1.43. The van der Waals surface area contributed by atoms with E-state index in [9.17, 15) is 9.59 Å². The van der Waals surface area contributed by atoms with Crippen molar-refractivity contribution < 1.29 is 9.59 Å². The van der Waals surface area contributed by atoms with Crippen molar-refractivity contribution in [3.8, 4) is 6.07 Å². The van der Waals surface area contributed by atoms with Crippen LogP contribution in [0.5, 0.6) is 0 Å². The topological polar surface area (TPSA) is 57.9 Å². The van der Waals surface area contributed by atoms with Crippen molar-refractivity contribution in [3.05, 3.63) is 12.2 Å². The van der Waals surface area contributed by atoms with Crippen LogP contribution in [0.25, 0.3) is 0 Å². The number of nitriles is 1. The molecule has 0 aromatic heterocycles. The van der Waals surface area contributed by atoms with Crippen LogP contribution in [0.4, 0.5) is 0 Å². The Morgan fingerprint density at radius 2 is 1.83 bits per heavy atom. The molecule has 0 bridgehead atoms. The molecule has 0 radical (unpaired) electrons. The minimum atomic E-state index is -0.670. The maximum absolute atomic E-state index is 11.2. The SMILES string of the molecule is CC(C)(C)C(=O)C(=O)/C=C\C#N. The van der Waals surface area contributed by atoms with E-state index in [1.807, 2.05) is 0 Å². The van der Waals surface area contributed by atoms with Gasteiger partial charge >= 0.3 is 0 Å². The molecular weight excluding hydrogens is 154 g/mol. The number of nitrogens with zero attached hydrogens (tertiary/aromatic N) is 1. The van der Waals surface area contributed by atoms with Crippen LogP contribution in [-0.4, -0.2) is 11.6 Å². The van der Waals surface area contributed by atoms with Crippen LogP contribution in [0.15, 0.2) is 12.2 Å². The lowest BCUT2D eigenvalue weighted by Gasteiger charge is -2.13. The van der Waals surface area contributed by atoms with Gasteiger partial charge in [0.2, 0.25) is 11.6 Å². The highest BCUT2D eigenvalue weighted by Crippen LogP contribution is 2.14. The Morgan fingerprint density at radius 3 is 2.17 bits per heavy atom. The Balaban J connectivity index is 4.45. The summed E-state index contributed by atoms with van der Waals surface area (Å²) in [4.78, 5) is 22.1. The maximum atomic E-state index is 11.2. The summed E-state index contributed by atoms with van der Waals surface area (Å²) in [7, 11) is 0. The summed E-state index contributed by atoms with van der Waals surface area (Å²) in [6, 6.07) is 1.65. The van der Waals surface area contributed by atoms with Crippen LogP contribution in [0, 0.1) is 16.7 Å². The number of carbonyl (C=O) groups is 2. The van der Waals surface area contributed by atoms with E-state index in [0.717, 1.165) is 12.2 Å². The zero-order chi connectivity index (χ0) is 9.78. The molecule has 0 unspecified atom stereocenters. The molecule has 0 fully saturated rings. The number of Topliss-reactive ketones (excluding diaryl/α,β-unsaturated/α-hetero) is 1. The van der Waals surface area contributed by atoms with E-state index in [4.69, 9.17) is 5.26 Å². The fraction of sp³-hybridized carbons (Fsp3) is 0.444. The van der Waals surface area contributed by atoms with E-state index >= 15 is 0 Å². The monoisotopic (exact) mass is 165 g/mol. The molecule has 0 aromatic carbocycles. The number of ketones is 2. The van der Waals surface area contributed by atoms with Gasteiger partial charge in [-0.2, -0.15) is 5.26 Å². The molecule has 0 aliphatic heterocycles. The maximum Gasteiger partial charge on any atom is 0.222 e. The molecule has 0 aromatic rings. The molecule has 0 amide bonds. The molecular formula is C9H11NO2. The van der Waals surface area contributed by atoms with Gasteiger partial charge in [-0.05, 0) is 6.08 Å². The Labute approximate surface area is 71.7 Å². The molecule has 0 spiro atoms. The fourth-order valence-corrected chi connectivity index (χ4v) is 0.558. The normalized spacial score (nSPS) is 11.2. The second-order valence-electron chi connectivity index (χ2n) is 3.41. The third-order valence-corrected chi connectivity index (χ3v) is 1.21. The second kappa shape index (κ2) is 3.82. The van der Waals surface area contributed by atoms with Crippen LogP contribution >= 0.6 is 0 Å². The first-order valence-corrected chi connectivity index (χ1v) is 3.54. The van der Waals surface area contributed by atoms with Crippen molar-refractivity contribution in [1.29, 1.82) is 5.26 Å². The molecule has 3 nitrogen and oxygen atoms in total. The first kappa shape index (κ1) is 10.6. The molecule has 0 aliphatic carbocycles. The average molecular weight is 165 g/mol. The molecule has 0 saturated carbocycles. The number of rotatable bonds is 2. The summed E-state index contributed by atoms with van der Waals surface area (Å²) in [5.74, 6) is -1.10. The van der Waals surface area contributed by atoms with Crippen LogP contribution < -0.4 is 0 Å². The second-order valence-corrected chi connectivity index (χ2v) is 3.41. The van der Waals surface area contributed by atoms with Crippen molar-refractivity contribution in [2.24, 2.45) is 5.41 Å². The summed E-state index contributed by atoms with van der Waals surface area (Å²) in [6.07, 6.45) is 2.00. The standard InChI is InChI=1S/C9H11NO2/c1-9(2,3)8(12)7(11)5-4-6-10/h4-5H,1-3H3/b5-4-. The average Bonchev–Trinajstić information content (AvgIpc) is 1.97.